The van der Waals surface area contributed by atoms with Gasteiger partial charge in [-0.3, -0.25) is 4.79 Å². The molecule has 1 heterocycles. The molecule has 0 aliphatic carbocycles. The van der Waals surface area contributed by atoms with Gasteiger partial charge in [-0.15, -0.1) is 13.2 Å². The zero-order valence-corrected chi connectivity index (χ0v) is 8.52. The van der Waals surface area contributed by atoms with Gasteiger partial charge in [0.15, 0.2) is 5.43 Å². The SMILES string of the molecule is O=C(O)c1[nH]c(OC(F)(F)F)cc(=O)c1C(F)(F)F. The Bertz CT molecular complexity index is 558. The van der Waals surface area contributed by atoms with Crippen LogP contribution in [0.2, 0.25) is 0 Å². The van der Waals surface area contributed by atoms with E-state index < -0.39 is 41.1 Å². The van der Waals surface area contributed by atoms with Crippen LogP contribution in [0.1, 0.15) is 16.1 Å². The second-order valence-electron chi connectivity index (χ2n) is 3.10. The van der Waals surface area contributed by atoms with E-state index in [1.54, 1.807) is 0 Å². The number of ether oxygens (including phenoxy) is 1. The van der Waals surface area contributed by atoms with E-state index in [1.807, 2.05) is 0 Å². The summed E-state index contributed by atoms with van der Waals surface area (Å²) in [5.74, 6) is -3.71. The number of H-pyrrole nitrogens is 1. The molecule has 0 saturated heterocycles. The minimum absolute atomic E-state index is 0.136. The number of pyridine rings is 1. The van der Waals surface area contributed by atoms with E-state index in [4.69, 9.17) is 5.11 Å². The third-order valence-corrected chi connectivity index (χ3v) is 1.73. The number of aromatic nitrogens is 1. The molecule has 0 bridgehead atoms. The lowest BCUT2D eigenvalue weighted by molar-refractivity contribution is -0.276. The fourth-order valence-corrected chi connectivity index (χ4v) is 1.16. The Morgan fingerprint density at radius 1 is 1.21 bits per heavy atom. The van der Waals surface area contributed by atoms with Crippen molar-refractivity contribution in [1.82, 2.24) is 4.98 Å². The highest BCUT2D eigenvalue weighted by atomic mass is 19.4. The van der Waals surface area contributed by atoms with Crippen molar-refractivity contribution in [3.05, 3.63) is 27.5 Å². The molecule has 0 unspecified atom stereocenters. The van der Waals surface area contributed by atoms with Gasteiger partial charge >= 0.3 is 18.5 Å². The fraction of sp³-hybridized carbons (Fsp3) is 0.250. The first-order valence-corrected chi connectivity index (χ1v) is 4.25. The zero-order valence-electron chi connectivity index (χ0n) is 8.52. The second-order valence-corrected chi connectivity index (χ2v) is 3.10. The van der Waals surface area contributed by atoms with Crippen LogP contribution in [0.25, 0.3) is 0 Å². The van der Waals surface area contributed by atoms with E-state index in [9.17, 15) is 35.9 Å². The summed E-state index contributed by atoms with van der Waals surface area (Å²) in [4.78, 5) is 22.8. The van der Waals surface area contributed by atoms with Gasteiger partial charge in [0.1, 0.15) is 11.3 Å². The monoisotopic (exact) mass is 291 g/mol. The number of carboxylic acids is 1. The smallest absolute Gasteiger partial charge is 0.477 e. The van der Waals surface area contributed by atoms with Gasteiger partial charge in [-0.25, -0.2) is 4.79 Å². The molecule has 0 spiro atoms. The van der Waals surface area contributed by atoms with Crippen LogP contribution in [-0.2, 0) is 6.18 Å². The maximum Gasteiger partial charge on any atom is 0.574 e. The summed E-state index contributed by atoms with van der Waals surface area (Å²) in [6, 6.07) is -0.136. The van der Waals surface area contributed by atoms with Crippen LogP contribution in [0.4, 0.5) is 26.3 Å². The predicted molar refractivity (Wildman–Crippen MR) is 45.7 cm³/mol. The Kier molecular flexibility index (Phi) is 3.50. The first kappa shape index (κ1) is 14.9. The van der Waals surface area contributed by atoms with Crippen LogP contribution >= 0.6 is 0 Å². The molecule has 0 aliphatic heterocycles. The summed E-state index contributed by atoms with van der Waals surface area (Å²) < 4.78 is 75.8. The molecule has 0 saturated carbocycles. The van der Waals surface area contributed by atoms with Crippen LogP contribution in [0, 0.1) is 0 Å². The van der Waals surface area contributed by atoms with Gasteiger partial charge in [-0.05, 0) is 0 Å². The molecule has 106 valence electrons. The molecule has 1 rings (SSSR count). The van der Waals surface area contributed by atoms with Crippen molar-refractivity contribution in [3.63, 3.8) is 0 Å². The van der Waals surface area contributed by atoms with E-state index in [0.717, 1.165) is 0 Å². The number of aromatic amines is 1. The summed E-state index contributed by atoms with van der Waals surface area (Å²) in [6.07, 6.45) is -10.6. The van der Waals surface area contributed by atoms with E-state index in [2.05, 4.69) is 4.74 Å². The minimum Gasteiger partial charge on any atom is -0.477 e. The molecule has 19 heavy (non-hydrogen) atoms. The predicted octanol–water partition coefficient (Wildman–Crippen LogP) is 1.99. The summed E-state index contributed by atoms with van der Waals surface area (Å²) in [5.41, 5.74) is -5.81. The number of rotatable bonds is 2. The fourth-order valence-electron chi connectivity index (χ4n) is 1.16. The third kappa shape index (κ3) is 3.63. The molecule has 1 aromatic rings. The molecule has 0 fully saturated rings. The normalized spacial score (nSPS) is 12.3. The molecule has 2 N–H and O–H groups in total. The molecule has 0 atom stereocenters. The molecule has 5 nitrogen and oxygen atoms in total. The number of alkyl halides is 6. The van der Waals surface area contributed by atoms with Crippen molar-refractivity contribution in [3.8, 4) is 5.88 Å². The van der Waals surface area contributed by atoms with Gasteiger partial charge in [-0.2, -0.15) is 13.2 Å². The zero-order chi connectivity index (χ0) is 15.0. The summed E-state index contributed by atoms with van der Waals surface area (Å²) >= 11 is 0. The highest BCUT2D eigenvalue weighted by Gasteiger charge is 2.40. The van der Waals surface area contributed by atoms with Crippen molar-refractivity contribution in [2.24, 2.45) is 0 Å². The van der Waals surface area contributed by atoms with E-state index in [1.165, 1.54) is 4.98 Å². The van der Waals surface area contributed by atoms with Crippen molar-refractivity contribution < 1.29 is 41.0 Å². The van der Waals surface area contributed by atoms with Crippen molar-refractivity contribution in [2.75, 3.05) is 0 Å². The summed E-state index contributed by atoms with van der Waals surface area (Å²) in [5, 5.41) is 8.47. The van der Waals surface area contributed by atoms with Crippen LogP contribution in [-0.4, -0.2) is 22.4 Å². The van der Waals surface area contributed by atoms with Gasteiger partial charge in [0.05, 0.1) is 0 Å². The van der Waals surface area contributed by atoms with Gasteiger partial charge in [-0.1, -0.05) is 0 Å². The Morgan fingerprint density at radius 2 is 1.74 bits per heavy atom. The maximum atomic E-state index is 12.4. The first-order valence-electron chi connectivity index (χ1n) is 4.25. The molecule has 1 aromatic heterocycles. The lowest BCUT2D eigenvalue weighted by atomic mass is 10.1. The molecule has 0 aromatic carbocycles. The second kappa shape index (κ2) is 4.48. The molecular weight excluding hydrogens is 288 g/mol. The quantitative estimate of drug-likeness (QED) is 0.817. The number of carboxylic acid groups (broad SMARTS) is 1. The summed E-state index contributed by atoms with van der Waals surface area (Å²) in [6.45, 7) is 0. The molecule has 11 heteroatoms. The highest BCUT2D eigenvalue weighted by Crippen LogP contribution is 2.30. The van der Waals surface area contributed by atoms with E-state index >= 15 is 0 Å². The number of hydrogen-bond acceptors (Lipinski definition) is 3. The first-order chi connectivity index (χ1) is 8.42. The lowest BCUT2D eigenvalue weighted by Gasteiger charge is -2.12. The number of nitrogens with one attached hydrogen (secondary N) is 1. The third-order valence-electron chi connectivity index (χ3n) is 1.73. The Hall–Kier alpha value is -2.20. The summed E-state index contributed by atoms with van der Waals surface area (Å²) in [7, 11) is 0. The van der Waals surface area contributed by atoms with Crippen LogP contribution in [0.15, 0.2) is 10.9 Å². The van der Waals surface area contributed by atoms with Crippen molar-refractivity contribution in [1.29, 1.82) is 0 Å². The van der Waals surface area contributed by atoms with Crippen LogP contribution in [0.5, 0.6) is 5.88 Å². The molecular formula is C8H3F6NO4. The van der Waals surface area contributed by atoms with E-state index in [-0.39, 0.29) is 6.07 Å². The minimum atomic E-state index is -5.34. The van der Waals surface area contributed by atoms with E-state index in [0.29, 0.717) is 0 Å². The number of halogens is 6. The Balaban J connectivity index is 3.47. The largest absolute Gasteiger partial charge is 0.574 e. The maximum absolute atomic E-state index is 12.4. The topological polar surface area (TPSA) is 79.4 Å². The standard InChI is InChI=1S/C8H3F6NO4/c9-7(10,11)4-2(16)1-3(19-8(12,13)14)15-5(4)6(17)18/h1H,(H,15,16)(H,17,18). The van der Waals surface area contributed by atoms with Crippen LogP contribution < -0.4 is 10.2 Å². The Morgan fingerprint density at radius 3 is 2.11 bits per heavy atom. The van der Waals surface area contributed by atoms with Gasteiger partial charge < -0.3 is 14.8 Å². The van der Waals surface area contributed by atoms with Crippen molar-refractivity contribution >= 4 is 5.97 Å². The average molecular weight is 291 g/mol. The Labute approximate surface area is 99.0 Å². The van der Waals surface area contributed by atoms with Gasteiger partial charge in [0.2, 0.25) is 5.88 Å². The number of hydrogen-bond donors (Lipinski definition) is 2. The number of carbonyl (C=O) groups is 1. The molecule has 0 radical (unpaired) electrons. The molecule has 0 amide bonds. The van der Waals surface area contributed by atoms with Gasteiger partial charge in [0.25, 0.3) is 0 Å². The number of aromatic carboxylic acids is 1. The lowest BCUT2D eigenvalue weighted by Crippen LogP contribution is -2.27. The van der Waals surface area contributed by atoms with Crippen molar-refractivity contribution in [2.45, 2.75) is 12.5 Å². The van der Waals surface area contributed by atoms with Gasteiger partial charge in [0, 0.05) is 6.07 Å². The molecule has 0 aliphatic rings. The van der Waals surface area contributed by atoms with Crippen LogP contribution in [0.3, 0.4) is 0 Å². The highest BCUT2D eigenvalue weighted by molar-refractivity contribution is 5.87. The average Bonchev–Trinajstić information content (AvgIpc) is 2.10.